The number of fused-ring (bicyclic) bond motifs is 3. The number of benzene rings is 2. The van der Waals surface area contributed by atoms with E-state index in [1.165, 1.54) is 22.3 Å². The number of aryl methyl sites for hydroxylation is 4. The van der Waals surface area contributed by atoms with E-state index in [2.05, 4.69) is 69.0 Å². The van der Waals surface area contributed by atoms with Crippen LogP contribution >= 0.6 is 0 Å². The van der Waals surface area contributed by atoms with E-state index in [1.54, 1.807) is 0 Å². The molecule has 48 heavy (non-hydrogen) atoms. The largest absolute Gasteiger partial charge is 0.205 e. The van der Waals surface area contributed by atoms with E-state index >= 15 is 0 Å². The van der Waals surface area contributed by atoms with Crippen molar-refractivity contribution in [2.75, 3.05) is 0 Å². The van der Waals surface area contributed by atoms with Gasteiger partial charge in [-0.2, -0.15) is 5.10 Å². The molecule has 6 rings (SSSR count). The van der Waals surface area contributed by atoms with Crippen LogP contribution in [0.2, 0.25) is 0 Å². The van der Waals surface area contributed by atoms with Gasteiger partial charge in [0.25, 0.3) is 0 Å². The summed E-state index contributed by atoms with van der Waals surface area (Å²) in [5, 5.41) is 40.2. The van der Waals surface area contributed by atoms with Gasteiger partial charge in [-0.05, 0) is 72.9 Å². The lowest BCUT2D eigenvalue weighted by molar-refractivity contribution is 0.796. The maximum atomic E-state index is 5.04. The fraction of sp³-hybridized carbons (Fsp3) is 0.462. The average Bonchev–Trinajstić information content (AvgIpc) is 3.11. The summed E-state index contributed by atoms with van der Waals surface area (Å²) in [5.74, 6) is 0.371. The molecule has 4 aromatic heterocycles. The van der Waals surface area contributed by atoms with Crippen molar-refractivity contribution >= 4 is 33.0 Å². The van der Waals surface area contributed by atoms with Gasteiger partial charge in [0.1, 0.15) is 11.2 Å². The molecule has 0 saturated heterocycles. The molecular weight excluding hydrogens is 594 g/mol. The fourth-order valence-corrected chi connectivity index (χ4v) is 7.20. The van der Waals surface area contributed by atoms with Crippen molar-refractivity contribution in [3.05, 3.63) is 63.8 Å². The van der Waals surface area contributed by atoms with E-state index in [0.29, 0.717) is 22.7 Å². The first kappa shape index (κ1) is 33.4. The highest BCUT2D eigenvalue weighted by molar-refractivity contribution is 6.04. The van der Waals surface area contributed by atoms with Crippen LogP contribution in [0.25, 0.3) is 55.7 Å². The number of hydrogen-bond acceptors (Lipinski definition) is 9. The first-order valence-electron chi connectivity index (χ1n) is 18.1. The molecule has 0 unspecified atom stereocenters. The van der Waals surface area contributed by atoms with Crippen molar-refractivity contribution in [3.63, 3.8) is 0 Å². The predicted molar refractivity (Wildman–Crippen MR) is 194 cm³/mol. The maximum absolute atomic E-state index is 5.04. The third-order valence-electron chi connectivity index (χ3n) is 9.17. The van der Waals surface area contributed by atoms with Gasteiger partial charge in [-0.25, -0.2) is 4.98 Å². The summed E-state index contributed by atoms with van der Waals surface area (Å²) in [4.78, 5) is 4.99. The number of rotatable bonds is 14. The van der Waals surface area contributed by atoms with Crippen molar-refractivity contribution in [2.45, 2.75) is 119 Å². The maximum Gasteiger partial charge on any atom is 0.205 e. The molecular formula is C39H47N9. The van der Waals surface area contributed by atoms with Gasteiger partial charge in [0.15, 0.2) is 0 Å². The lowest BCUT2D eigenvalue weighted by Gasteiger charge is -2.24. The number of nitrogens with zero attached hydrogens (tertiary/aromatic N) is 9. The van der Waals surface area contributed by atoms with Crippen LogP contribution in [-0.4, -0.2) is 45.8 Å². The summed E-state index contributed by atoms with van der Waals surface area (Å²) in [6.07, 6.45) is 11.8. The summed E-state index contributed by atoms with van der Waals surface area (Å²) < 4.78 is 0. The first-order valence-corrected chi connectivity index (χ1v) is 18.1. The number of hydrogen-bond donors (Lipinski definition) is 0. The molecule has 0 N–H and O–H groups in total. The Bertz CT molecular complexity index is 2070. The minimum absolute atomic E-state index is 0.371. The highest BCUT2D eigenvalue weighted by Crippen LogP contribution is 2.41. The van der Waals surface area contributed by atoms with Gasteiger partial charge < -0.3 is 0 Å². The Hall–Kier alpha value is -4.53. The smallest absolute Gasteiger partial charge is 0.201 e. The summed E-state index contributed by atoms with van der Waals surface area (Å²) in [6, 6.07) is 10.2. The third kappa shape index (κ3) is 6.22. The van der Waals surface area contributed by atoms with Crippen LogP contribution in [0.1, 0.15) is 114 Å². The standard InChI is InChI=1S/C39H47N9/c1-7-15-25-26(16-8-2)28(18-10-4)35-33(27(25)17-9-3)34(32-23-24-21-13-14-22-30(24)41-43-32)37(46-44-35)39-40-38-36(45-48-39)29(19-11-5)31(20-12-6)42-47-38/h13-14,21-23H,7-12,15-20H2,1-6H3. The van der Waals surface area contributed by atoms with Crippen molar-refractivity contribution in [1.82, 2.24) is 45.8 Å². The normalized spacial score (nSPS) is 11.7. The first-order chi connectivity index (χ1) is 23.6. The van der Waals surface area contributed by atoms with Crippen LogP contribution in [0.4, 0.5) is 0 Å². The molecule has 9 nitrogen and oxygen atoms in total. The van der Waals surface area contributed by atoms with Gasteiger partial charge in [-0.15, -0.1) is 35.7 Å². The molecule has 0 fully saturated rings. The van der Waals surface area contributed by atoms with Crippen molar-refractivity contribution in [3.8, 4) is 22.8 Å². The monoisotopic (exact) mass is 641 g/mol. The Balaban J connectivity index is 1.74. The van der Waals surface area contributed by atoms with Crippen LogP contribution in [0.5, 0.6) is 0 Å². The predicted octanol–water partition coefficient (Wildman–Crippen LogP) is 8.75. The minimum atomic E-state index is 0.371. The summed E-state index contributed by atoms with van der Waals surface area (Å²) in [5.41, 5.74) is 12.8. The molecule has 0 aliphatic heterocycles. The quantitative estimate of drug-likeness (QED) is 0.115. The third-order valence-corrected chi connectivity index (χ3v) is 9.17. The van der Waals surface area contributed by atoms with Crippen molar-refractivity contribution in [1.29, 1.82) is 0 Å². The Morgan fingerprint density at radius 3 is 1.85 bits per heavy atom. The zero-order valence-corrected chi connectivity index (χ0v) is 29.4. The molecule has 248 valence electrons. The van der Waals surface area contributed by atoms with Crippen LogP contribution in [0, 0.1) is 0 Å². The fourth-order valence-electron chi connectivity index (χ4n) is 7.20. The summed E-state index contributed by atoms with van der Waals surface area (Å²) in [6.45, 7) is 13.4. The van der Waals surface area contributed by atoms with E-state index in [-0.39, 0.29) is 0 Å². The molecule has 2 aromatic carbocycles. The SMILES string of the molecule is CCCc1nnc2nc(-c3nnc4c(CCC)c(CCC)c(CCC)c(CCC)c4c3-c3cc4ccccc4nn3)nnc2c1CCC. The molecule has 0 atom stereocenters. The minimum Gasteiger partial charge on any atom is -0.201 e. The van der Waals surface area contributed by atoms with Gasteiger partial charge in [-0.3, -0.25) is 0 Å². The molecule has 0 amide bonds. The molecule has 4 heterocycles. The van der Waals surface area contributed by atoms with Crippen molar-refractivity contribution < 1.29 is 0 Å². The molecule has 0 spiro atoms. The van der Waals surface area contributed by atoms with Gasteiger partial charge in [0, 0.05) is 21.9 Å². The molecule has 6 aromatic rings. The molecule has 0 saturated carbocycles. The molecule has 0 aliphatic rings. The molecule has 9 heteroatoms. The Labute approximate surface area is 283 Å². The van der Waals surface area contributed by atoms with E-state index in [9.17, 15) is 0 Å². The second kappa shape index (κ2) is 15.1. The van der Waals surface area contributed by atoms with Crippen LogP contribution in [-0.2, 0) is 38.5 Å². The van der Waals surface area contributed by atoms with E-state index in [1.807, 2.05) is 18.2 Å². The lowest BCUT2D eigenvalue weighted by Crippen LogP contribution is -2.12. The Morgan fingerprint density at radius 1 is 0.500 bits per heavy atom. The van der Waals surface area contributed by atoms with E-state index < -0.39 is 0 Å². The van der Waals surface area contributed by atoms with Gasteiger partial charge in [0.05, 0.1) is 22.4 Å². The van der Waals surface area contributed by atoms with Crippen molar-refractivity contribution in [2.24, 2.45) is 0 Å². The Kier molecular flexibility index (Phi) is 10.5. The van der Waals surface area contributed by atoms with Gasteiger partial charge in [0.2, 0.25) is 11.5 Å². The highest BCUT2D eigenvalue weighted by Gasteiger charge is 2.27. The van der Waals surface area contributed by atoms with Gasteiger partial charge >= 0.3 is 0 Å². The average molecular weight is 642 g/mol. The molecule has 0 aliphatic carbocycles. The van der Waals surface area contributed by atoms with E-state index in [0.717, 1.165) is 121 Å². The van der Waals surface area contributed by atoms with E-state index in [4.69, 9.17) is 30.5 Å². The summed E-state index contributed by atoms with van der Waals surface area (Å²) in [7, 11) is 0. The van der Waals surface area contributed by atoms with Crippen LogP contribution < -0.4 is 0 Å². The molecule has 0 radical (unpaired) electrons. The second-order valence-electron chi connectivity index (χ2n) is 12.8. The topological polar surface area (TPSA) is 116 Å². The highest BCUT2D eigenvalue weighted by atomic mass is 15.2. The Morgan fingerprint density at radius 2 is 1.12 bits per heavy atom. The zero-order valence-electron chi connectivity index (χ0n) is 29.4. The summed E-state index contributed by atoms with van der Waals surface area (Å²) >= 11 is 0. The van der Waals surface area contributed by atoms with Crippen LogP contribution in [0.15, 0.2) is 30.3 Å². The van der Waals surface area contributed by atoms with Gasteiger partial charge in [-0.1, -0.05) is 98.3 Å². The lowest BCUT2D eigenvalue weighted by atomic mass is 9.82. The van der Waals surface area contributed by atoms with Crippen LogP contribution in [0.3, 0.4) is 0 Å². The zero-order chi connectivity index (χ0) is 33.6. The second-order valence-corrected chi connectivity index (χ2v) is 12.8. The molecule has 0 bridgehead atoms. The number of aromatic nitrogens is 9.